The van der Waals surface area contributed by atoms with Crippen molar-refractivity contribution in [3.8, 4) is 5.75 Å². The lowest BCUT2D eigenvalue weighted by Gasteiger charge is -2.35. The number of aliphatic hydroxyl groups is 1. The van der Waals surface area contributed by atoms with E-state index in [0.29, 0.717) is 37.2 Å². The molecule has 0 aliphatic carbocycles. The molecule has 266 valence electrons. The summed E-state index contributed by atoms with van der Waals surface area (Å²) in [5, 5.41) is 9.29. The summed E-state index contributed by atoms with van der Waals surface area (Å²) in [6, 6.07) is 15.0. The van der Waals surface area contributed by atoms with E-state index < -0.39 is 47.7 Å². The van der Waals surface area contributed by atoms with Gasteiger partial charge in [-0.1, -0.05) is 67.5 Å². The number of nitrogens with zero attached hydrogens (tertiary/aromatic N) is 3. The van der Waals surface area contributed by atoms with Crippen molar-refractivity contribution in [3.05, 3.63) is 84.5 Å². The Labute approximate surface area is 293 Å². The minimum atomic E-state index is -1.43. The molecule has 2 aromatic carbocycles. The van der Waals surface area contributed by atoms with Crippen molar-refractivity contribution in [1.82, 2.24) is 9.80 Å². The highest BCUT2D eigenvalue weighted by molar-refractivity contribution is 6.05. The average molecular weight is 686 g/mol. The third-order valence-corrected chi connectivity index (χ3v) is 10.6. The van der Waals surface area contributed by atoms with Crippen LogP contribution in [0.4, 0.5) is 5.69 Å². The van der Waals surface area contributed by atoms with Gasteiger partial charge in [-0.15, -0.1) is 0 Å². The Kier molecular flexibility index (Phi) is 10.7. The van der Waals surface area contributed by atoms with Gasteiger partial charge < -0.3 is 34.0 Å². The van der Waals surface area contributed by atoms with E-state index in [9.17, 15) is 24.3 Å². The predicted octanol–water partition coefficient (Wildman–Crippen LogP) is 4.21. The molecule has 11 heteroatoms. The van der Waals surface area contributed by atoms with Crippen molar-refractivity contribution in [1.29, 1.82) is 0 Å². The van der Waals surface area contributed by atoms with Crippen molar-refractivity contribution in [2.75, 3.05) is 38.8 Å². The van der Waals surface area contributed by atoms with Crippen molar-refractivity contribution >= 4 is 29.4 Å². The Morgan fingerprint density at radius 1 is 0.940 bits per heavy atom. The third-order valence-electron chi connectivity index (χ3n) is 10.6. The van der Waals surface area contributed by atoms with Gasteiger partial charge >= 0.3 is 5.97 Å². The van der Waals surface area contributed by atoms with E-state index in [4.69, 9.17) is 14.2 Å². The van der Waals surface area contributed by atoms with Crippen molar-refractivity contribution in [2.24, 2.45) is 11.8 Å². The van der Waals surface area contributed by atoms with Gasteiger partial charge in [0.15, 0.2) is 0 Å². The molecule has 0 saturated carbocycles. The van der Waals surface area contributed by atoms with Gasteiger partial charge in [0.25, 0.3) is 5.91 Å². The van der Waals surface area contributed by atoms with Crippen LogP contribution < -0.4 is 9.64 Å². The zero-order chi connectivity index (χ0) is 35.4. The summed E-state index contributed by atoms with van der Waals surface area (Å²) in [6.07, 6.45) is 9.07. The molecule has 0 radical (unpaired) electrons. The number of anilines is 1. The van der Waals surface area contributed by atoms with Crippen LogP contribution in [0.3, 0.4) is 0 Å². The number of allylic oxidation sites excluding steroid dienone is 1. The van der Waals surface area contributed by atoms with Gasteiger partial charge in [0.05, 0.1) is 25.2 Å². The van der Waals surface area contributed by atoms with Crippen molar-refractivity contribution in [2.45, 2.75) is 75.3 Å². The number of benzene rings is 2. The highest BCUT2D eigenvalue weighted by Crippen LogP contribution is 2.53. The van der Waals surface area contributed by atoms with E-state index in [1.165, 1.54) is 0 Å². The van der Waals surface area contributed by atoms with E-state index in [-0.39, 0.29) is 37.3 Å². The Morgan fingerprint density at radius 2 is 1.68 bits per heavy atom. The molecule has 0 aromatic heterocycles. The van der Waals surface area contributed by atoms with Crippen LogP contribution in [0.15, 0.2) is 78.9 Å². The standard InChI is InChI=1S/C39H47N3O8/c1-26-34(27-14-7-6-8-15-27)49-38(47)32-30(16-9-10-17-31(44)40(26)2)50-39-22-13-24-41(28-18-20-29(48-3)21-19-28)37(46)35(39)42(36(45)33(32)39)23-11-4-5-12-25-43/h6-9,13-16,18-22,26,30,32-35,43H,4-5,10-12,17,23-25H2,1-3H3/b16-9-/t26-,30-,32+,33+,34+,35-,39+/m0/s1. The normalized spacial score (nSPS) is 30.5. The molecule has 2 aromatic rings. The SMILES string of the molecule is COc1ccc(N2CC=C[C@@]34O[C@H]5/C=C\CCC(=O)N(C)[C@@H](C)[C@H](c6ccccc6)OC(=O)[C@H]5[C@@H]3C(=O)N(CCCCCCO)[C@H]4C2=O)cc1. The zero-order valence-corrected chi connectivity index (χ0v) is 29.0. The maximum Gasteiger partial charge on any atom is 0.313 e. The van der Waals surface area contributed by atoms with Gasteiger partial charge in [-0.2, -0.15) is 0 Å². The number of cyclic esters (lactones) is 1. The quantitative estimate of drug-likeness (QED) is 0.237. The average Bonchev–Trinajstić information content (AvgIpc) is 3.51. The molecule has 1 N–H and O–H groups in total. The van der Waals surface area contributed by atoms with Crippen LogP contribution in [0.5, 0.6) is 5.75 Å². The summed E-state index contributed by atoms with van der Waals surface area (Å²) >= 11 is 0. The van der Waals surface area contributed by atoms with Crippen LogP contribution in [0.2, 0.25) is 0 Å². The van der Waals surface area contributed by atoms with Crippen LogP contribution in [0.1, 0.15) is 57.1 Å². The maximum atomic E-state index is 14.8. The van der Waals surface area contributed by atoms with Crippen LogP contribution in [0, 0.1) is 11.8 Å². The molecule has 11 nitrogen and oxygen atoms in total. The lowest BCUT2D eigenvalue weighted by molar-refractivity contribution is -0.164. The smallest absolute Gasteiger partial charge is 0.313 e. The molecule has 2 saturated heterocycles. The molecule has 1 spiro atoms. The summed E-state index contributed by atoms with van der Waals surface area (Å²) in [4.78, 5) is 62.1. The molecule has 4 heterocycles. The Balaban J connectivity index is 1.41. The number of rotatable bonds is 9. The van der Waals surface area contributed by atoms with E-state index in [2.05, 4.69) is 0 Å². The van der Waals surface area contributed by atoms with Gasteiger partial charge in [-0.3, -0.25) is 19.2 Å². The zero-order valence-electron chi connectivity index (χ0n) is 29.0. The van der Waals surface area contributed by atoms with Crippen molar-refractivity contribution < 1.29 is 38.5 Å². The number of carbonyl (C=O) groups excluding carboxylic acids is 4. The predicted molar refractivity (Wildman–Crippen MR) is 186 cm³/mol. The van der Waals surface area contributed by atoms with Crippen LogP contribution in [-0.2, 0) is 28.7 Å². The minimum Gasteiger partial charge on any atom is -0.497 e. The molecular weight excluding hydrogens is 638 g/mol. The number of ether oxygens (including phenoxy) is 3. The molecule has 7 atom stereocenters. The second-order valence-electron chi connectivity index (χ2n) is 13.5. The number of fused-ring (bicyclic) bond motifs is 2. The van der Waals surface area contributed by atoms with Crippen LogP contribution in [-0.4, -0.2) is 96.2 Å². The summed E-state index contributed by atoms with van der Waals surface area (Å²) in [5.41, 5.74) is -0.0565. The Bertz CT molecular complexity index is 1610. The highest BCUT2D eigenvalue weighted by atomic mass is 16.6. The number of hydrogen-bond acceptors (Lipinski definition) is 8. The summed E-state index contributed by atoms with van der Waals surface area (Å²) in [7, 11) is 3.29. The molecule has 2 fully saturated rings. The molecule has 0 unspecified atom stereocenters. The summed E-state index contributed by atoms with van der Waals surface area (Å²) in [6.45, 7) is 2.49. The third kappa shape index (κ3) is 6.56. The number of unbranched alkanes of at least 4 members (excludes halogenated alkanes) is 3. The molecule has 6 rings (SSSR count). The molecule has 4 aliphatic heterocycles. The monoisotopic (exact) mass is 685 g/mol. The number of aliphatic hydroxyl groups excluding tert-OH is 1. The lowest BCUT2D eigenvalue weighted by atomic mass is 9.77. The molecule has 0 bridgehead atoms. The molecule has 4 aliphatic rings. The van der Waals surface area contributed by atoms with Crippen LogP contribution >= 0.6 is 0 Å². The van der Waals surface area contributed by atoms with E-state index in [0.717, 1.165) is 18.4 Å². The van der Waals surface area contributed by atoms with E-state index in [1.807, 2.05) is 67.6 Å². The fourth-order valence-electron chi connectivity index (χ4n) is 7.87. The molecule has 50 heavy (non-hydrogen) atoms. The minimum absolute atomic E-state index is 0.0835. The summed E-state index contributed by atoms with van der Waals surface area (Å²) < 4.78 is 18.5. The Morgan fingerprint density at radius 3 is 2.40 bits per heavy atom. The maximum absolute atomic E-state index is 14.8. The fraction of sp³-hybridized carbons (Fsp3) is 0.487. The first-order chi connectivity index (χ1) is 24.2. The fourth-order valence-corrected chi connectivity index (χ4v) is 7.87. The highest BCUT2D eigenvalue weighted by Gasteiger charge is 2.71. The second kappa shape index (κ2) is 15.2. The first kappa shape index (κ1) is 35.3. The number of likely N-dealkylation sites (N-methyl/N-ethyl adjacent to an activating group) is 1. The van der Waals surface area contributed by atoms with E-state index >= 15 is 0 Å². The largest absolute Gasteiger partial charge is 0.497 e. The van der Waals surface area contributed by atoms with E-state index in [1.54, 1.807) is 47.1 Å². The topological polar surface area (TPSA) is 126 Å². The summed E-state index contributed by atoms with van der Waals surface area (Å²) in [5.74, 6) is -2.73. The number of likely N-dealkylation sites (tertiary alicyclic amines) is 1. The van der Waals surface area contributed by atoms with Gasteiger partial charge in [-0.25, -0.2) is 0 Å². The van der Waals surface area contributed by atoms with Gasteiger partial charge in [0, 0.05) is 38.9 Å². The first-order valence-electron chi connectivity index (χ1n) is 17.6. The lowest BCUT2D eigenvalue weighted by Crippen LogP contribution is -2.55. The van der Waals surface area contributed by atoms with Crippen molar-refractivity contribution in [3.63, 3.8) is 0 Å². The number of carbonyl (C=O) groups is 4. The number of amides is 3. The molecular formula is C39H47N3O8. The number of hydrogen-bond donors (Lipinski definition) is 1. The van der Waals surface area contributed by atoms with Gasteiger partial charge in [-0.05, 0) is 56.0 Å². The Hall–Kier alpha value is -4.48. The van der Waals surface area contributed by atoms with Gasteiger partial charge in [0.1, 0.15) is 29.4 Å². The number of methoxy groups -OCH3 is 1. The van der Waals surface area contributed by atoms with Crippen LogP contribution in [0.25, 0.3) is 0 Å². The van der Waals surface area contributed by atoms with Gasteiger partial charge in [0.2, 0.25) is 11.8 Å². The molecule has 3 amide bonds. The number of esters is 1. The second-order valence-corrected chi connectivity index (χ2v) is 13.5. The first-order valence-corrected chi connectivity index (χ1v) is 17.6.